The minimum Gasteiger partial charge on any atom is -1.00 e. The summed E-state index contributed by atoms with van der Waals surface area (Å²) in [7, 11) is 0. The molecular formula is C9H19Cl3LiMgN. The molecule has 0 aromatic heterocycles. The Labute approximate surface area is 141 Å². The van der Waals surface area contributed by atoms with Crippen LogP contribution in [0.5, 0.6) is 0 Å². The number of halogens is 3. The van der Waals surface area contributed by atoms with E-state index in [0.29, 0.717) is 0 Å². The molecule has 15 heavy (non-hydrogen) atoms. The fraction of sp³-hybridized carbons (Fsp3) is 1.00. The van der Waals surface area contributed by atoms with Gasteiger partial charge in [0, 0.05) is 11.1 Å². The second-order valence-corrected chi connectivity index (χ2v) is 5.10. The minimum atomic E-state index is 0. The van der Waals surface area contributed by atoms with Gasteiger partial charge in [0.2, 0.25) is 0 Å². The average molecular weight is 279 g/mol. The molecule has 0 aliphatic carbocycles. The van der Waals surface area contributed by atoms with Crippen LogP contribution in [0.25, 0.3) is 0 Å². The van der Waals surface area contributed by atoms with Crippen LogP contribution in [-0.2, 0) is 0 Å². The zero-order valence-corrected chi connectivity index (χ0v) is 14.1. The van der Waals surface area contributed by atoms with E-state index in [4.69, 9.17) is 11.8 Å². The van der Waals surface area contributed by atoms with Gasteiger partial charge in [0.1, 0.15) is 0 Å². The molecule has 1 fully saturated rings. The molecule has 1 saturated heterocycles. The Hall–Kier alpha value is 2.19. The molecule has 1 aliphatic heterocycles. The SMILES string of the molecule is CC1(C)CCCC(C)(C)N1Cl.[Cl-].[Cl-].[H-].[Li+].[Mg+2]. The maximum absolute atomic E-state index is 6.23. The Bertz CT molecular complexity index is 157. The van der Waals surface area contributed by atoms with Crippen molar-refractivity contribution >= 4 is 34.8 Å². The van der Waals surface area contributed by atoms with Crippen molar-refractivity contribution in [3.63, 3.8) is 0 Å². The smallest absolute Gasteiger partial charge is 1.00 e. The first kappa shape index (κ1) is 25.9. The molecule has 0 aromatic rings. The molecular weight excluding hydrogens is 260 g/mol. The van der Waals surface area contributed by atoms with Crippen molar-refractivity contribution in [1.29, 1.82) is 0 Å². The molecule has 0 bridgehead atoms. The van der Waals surface area contributed by atoms with Crippen molar-refractivity contribution in [1.82, 2.24) is 4.42 Å². The molecule has 0 atom stereocenters. The minimum absolute atomic E-state index is 0. The fourth-order valence-corrected chi connectivity index (χ4v) is 2.14. The van der Waals surface area contributed by atoms with Crippen LogP contribution >= 0.6 is 11.8 Å². The van der Waals surface area contributed by atoms with Crippen LogP contribution in [0.15, 0.2) is 0 Å². The summed E-state index contributed by atoms with van der Waals surface area (Å²) in [6, 6.07) is 0. The zero-order valence-electron chi connectivity index (χ0n) is 11.4. The van der Waals surface area contributed by atoms with Gasteiger partial charge >= 0.3 is 41.9 Å². The normalized spacial score (nSPS) is 22.2. The summed E-state index contributed by atoms with van der Waals surface area (Å²) in [6.07, 6.45) is 3.71. The summed E-state index contributed by atoms with van der Waals surface area (Å²) in [5.74, 6) is 0. The second-order valence-electron chi connectivity index (χ2n) is 4.76. The Kier molecular flexibility index (Phi) is 15.8. The number of hydrogen-bond donors (Lipinski definition) is 0. The van der Waals surface area contributed by atoms with Crippen molar-refractivity contribution < 1.29 is 45.1 Å². The molecule has 1 rings (SSSR count). The van der Waals surface area contributed by atoms with Gasteiger partial charge in [-0.2, -0.15) is 0 Å². The molecule has 84 valence electrons. The van der Waals surface area contributed by atoms with Crippen LogP contribution in [-0.4, -0.2) is 38.5 Å². The van der Waals surface area contributed by atoms with Gasteiger partial charge in [-0.05, 0) is 58.7 Å². The van der Waals surface area contributed by atoms with Gasteiger partial charge in [-0.3, -0.25) is 0 Å². The summed E-state index contributed by atoms with van der Waals surface area (Å²) in [6.45, 7) is 8.84. The Morgan fingerprint density at radius 3 is 1.47 bits per heavy atom. The summed E-state index contributed by atoms with van der Waals surface area (Å²) < 4.78 is 1.99. The van der Waals surface area contributed by atoms with E-state index >= 15 is 0 Å². The largest absolute Gasteiger partial charge is 2.00 e. The first-order chi connectivity index (χ1) is 4.86. The molecule has 1 nitrogen and oxygen atoms in total. The standard InChI is InChI=1S/C9H18ClN.2ClH.Li.Mg.H/c1-8(2)6-5-7-9(3,4)11(8)10;;;;;/h5-7H2,1-4H3;2*1H;;;/q;;;+1;+2;-1/p-2. The van der Waals surface area contributed by atoms with Crippen LogP contribution in [0.1, 0.15) is 48.4 Å². The summed E-state index contributed by atoms with van der Waals surface area (Å²) >= 11 is 6.23. The molecule has 0 spiro atoms. The maximum atomic E-state index is 6.23. The molecule has 0 radical (unpaired) electrons. The van der Waals surface area contributed by atoms with Crippen LogP contribution in [0, 0.1) is 0 Å². The molecule has 1 aliphatic rings. The Morgan fingerprint density at radius 2 is 1.27 bits per heavy atom. The third kappa shape index (κ3) is 6.62. The predicted octanol–water partition coefficient (Wildman–Crippen LogP) is -6.07. The monoisotopic (exact) mass is 277 g/mol. The van der Waals surface area contributed by atoms with Crippen molar-refractivity contribution in [3.8, 4) is 0 Å². The number of nitrogens with zero attached hydrogens (tertiary/aromatic N) is 1. The van der Waals surface area contributed by atoms with E-state index in [2.05, 4.69) is 27.7 Å². The van der Waals surface area contributed by atoms with E-state index < -0.39 is 0 Å². The summed E-state index contributed by atoms with van der Waals surface area (Å²) in [5, 5.41) is 0. The van der Waals surface area contributed by atoms with E-state index in [1.165, 1.54) is 19.3 Å². The number of hydrogen-bond acceptors (Lipinski definition) is 1. The van der Waals surface area contributed by atoms with Crippen LogP contribution < -0.4 is 43.7 Å². The van der Waals surface area contributed by atoms with Crippen molar-refractivity contribution in [2.45, 2.75) is 58.0 Å². The Balaban J connectivity index is -0.0000000807. The summed E-state index contributed by atoms with van der Waals surface area (Å²) in [4.78, 5) is 0. The molecule has 0 N–H and O–H groups in total. The van der Waals surface area contributed by atoms with Crippen molar-refractivity contribution in [2.24, 2.45) is 0 Å². The van der Waals surface area contributed by atoms with Gasteiger partial charge in [-0.1, -0.05) is 0 Å². The molecule has 0 aromatic carbocycles. The van der Waals surface area contributed by atoms with Crippen molar-refractivity contribution in [2.75, 3.05) is 0 Å². The van der Waals surface area contributed by atoms with Crippen LogP contribution in [0.2, 0.25) is 0 Å². The van der Waals surface area contributed by atoms with Gasteiger partial charge in [0.25, 0.3) is 0 Å². The van der Waals surface area contributed by atoms with E-state index in [1.807, 2.05) is 4.42 Å². The molecule has 0 unspecified atom stereocenters. The van der Waals surface area contributed by atoms with Gasteiger partial charge in [0.05, 0.1) is 0 Å². The third-order valence-corrected chi connectivity index (χ3v) is 3.56. The van der Waals surface area contributed by atoms with E-state index in [-0.39, 0.29) is 79.2 Å². The summed E-state index contributed by atoms with van der Waals surface area (Å²) in [5.41, 5.74) is 0.340. The zero-order chi connectivity index (χ0) is 8.70. The number of rotatable bonds is 0. The van der Waals surface area contributed by atoms with Crippen LogP contribution in [0.4, 0.5) is 0 Å². The van der Waals surface area contributed by atoms with E-state index in [1.54, 1.807) is 0 Å². The maximum Gasteiger partial charge on any atom is 2.00 e. The van der Waals surface area contributed by atoms with Gasteiger partial charge in [0.15, 0.2) is 0 Å². The molecule has 0 amide bonds. The quantitative estimate of drug-likeness (QED) is 0.315. The third-order valence-electron chi connectivity index (χ3n) is 2.64. The Morgan fingerprint density at radius 1 is 1.00 bits per heavy atom. The van der Waals surface area contributed by atoms with Crippen LogP contribution in [0.3, 0.4) is 0 Å². The van der Waals surface area contributed by atoms with Gasteiger partial charge < -0.3 is 26.2 Å². The average Bonchev–Trinajstić information content (AvgIpc) is 1.82. The number of piperidine rings is 1. The van der Waals surface area contributed by atoms with Crippen molar-refractivity contribution in [3.05, 3.63) is 0 Å². The van der Waals surface area contributed by atoms with Gasteiger partial charge in [-0.15, -0.1) is 0 Å². The second kappa shape index (κ2) is 9.17. The van der Waals surface area contributed by atoms with E-state index in [9.17, 15) is 0 Å². The molecule has 1 heterocycles. The first-order valence-electron chi connectivity index (χ1n) is 4.32. The predicted molar refractivity (Wildman–Crippen MR) is 56.6 cm³/mol. The van der Waals surface area contributed by atoms with Gasteiger partial charge in [-0.25, -0.2) is 4.42 Å². The fourth-order valence-electron chi connectivity index (χ4n) is 1.97. The topological polar surface area (TPSA) is 3.24 Å². The molecule has 6 heteroatoms. The molecule has 0 saturated carbocycles. The van der Waals surface area contributed by atoms with E-state index in [0.717, 1.165) is 0 Å². The first-order valence-corrected chi connectivity index (χ1v) is 4.66.